The first-order valence-electron chi connectivity index (χ1n) is 10.8. The highest BCUT2D eigenvalue weighted by atomic mass is 16.4. The maximum atomic E-state index is 12.5. The Hall–Kier alpha value is -2.64. The van der Waals surface area contributed by atoms with Gasteiger partial charge in [0.25, 0.3) is 0 Å². The first-order valence-corrected chi connectivity index (χ1v) is 10.8. The summed E-state index contributed by atoms with van der Waals surface area (Å²) in [5, 5.41) is 24.6. The molecule has 0 spiro atoms. The van der Waals surface area contributed by atoms with Gasteiger partial charge in [0.05, 0.1) is 23.7 Å². The summed E-state index contributed by atoms with van der Waals surface area (Å²) in [6, 6.07) is 0. The van der Waals surface area contributed by atoms with E-state index in [1.807, 2.05) is 24.3 Å². The SMILES string of the molecule is O=C(NCCCCNC(=O)[C@H]1[C@H](C(=O)O)[C@H]2C=C[C@H]1C2)[C@@H]1[C@H](C(=O)O)[C@H]2C=C[C@H]1C2. The molecule has 8 heteroatoms. The molecular formula is C22H28N2O6. The standard InChI is InChI=1S/C22H28N2O6/c25-19(15-11-3-5-13(9-11)17(15)21(27)28)23-7-1-2-8-24-20(26)16-12-4-6-14(10-12)18(16)22(29)30/h3-6,11-18H,1-2,7-10H2,(H,23,25)(H,24,26)(H,27,28)(H,29,30)/t11-,12-,13-,14-,15-,16+,17+,18+/m0/s1. The number of hydrogen-bond acceptors (Lipinski definition) is 4. The van der Waals surface area contributed by atoms with E-state index < -0.39 is 35.6 Å². The van der Waals surface area contributed by atoms with Crippen molar-refractivity contribution in [3.63, 3.8) is 0 Å². The molecule has 0 aromatic rings. The van der Waals surface area contributed by atoms with Crippen LogP contribution in [0.3, 0.4) is 0 Å². The first-order chi connectivity index (χ1) is 14.4. The van der Waals surface area contributed by atoms with E-state index in [0.717, 1.165) is 12.8 Å². The lowest BCUT2D eigenvalue weighted by molar-refractivity contribution is -0.148. The number of carboxylic acids is 2. The van der Waals surface area contributed by atoms with E-state index in [0.29, 0.717) is 25.9 Å². The van der Waals surface area contributed by atoms with Crippen molar-refractivity contribution in [1.29, 1.82) is 0 Å². The zero-order valence-electron chi connectivity index (χ0n) is 16.7. The largest absolute Gasteiger partial charge is 0.481 e. The Morgan fingerprint density at radius 1 is 0.633 bits per heavy atom. The van der Waals surface area contributed by atoms with Gasteiger partial charge in [0.2, 0.25) is 11.8 Å². The highest BCUT2D eigenvalue weighted by Gasteiger charge is 2.52. The van der Waals surface area contributed by atoms with Crippen molar-refractivity contribution in [2.75, 3.05) is 13.1 Å². The minimum absolute atomic E-state index is 0.00774. The second kappa shape index (κ2) is 8.24. The second-order valence-electron chi connectivity index (χ2n) is 8.97. The fraction of sp³-hybridized carbons (Fsp3) is 0.636. The summed E-state index contributed by atoms with van der Waals surface area (Å²) in [5.74, 6) is -4.61. The number of hydrogen-bond donors (Lipinski definition) is 4. The van der Waals surface area contributed by atoms with E-state index in [4.69, 9.17) is 0 Å². The topological polar surface area (TPSA) is 133 Å². The Balaban J connectivity index is 1.17. The van der Waals surface area contributed by atoms with E-state index >= 15 is 0 Å². The third-order valence-electron chi connectivity index (χ3n) is 7.30. The molecule has 0 unspecified atom stereocenters. The van der Waals surface area contributed by atoms with Crippen molar-refractivity contribution in [2.24, 2.45) is 47.3 Å². The van der Waals surface area contributed by atoms with Crippen molar-refractivity contribution in [1.82, 2.24) is 10.6 Å². The van der Waals surface area contributed by atoms with E-state index in [1.165, 1.54) is 0 Å². The molecule has 2 amide bonds. The number of rotatable bonds is 9. The number of carbonyl (C=O) groups excluding carboxylic acids is 2. The molecule has 0 aromatic carbocycles. The third kappa shape index (κ3) is 3.63. The monoisotopic (exact) mass is 416 g/mol. The zero-order chi connectivity index (χ0) is 21.4. The lowest BCUT2D eigenvalue weighted by Crippen LogP contribution is -2.41. The van der Waals surface area contributed by atoms with Gasteiger partial charge in [0, 0.05) is 13.1 Å². The van der Waals surface area contributed by atoms with Crippen LogP contribution in [0.5, 0.6) is 0 Å². The molecule has 0 radical (unpaired) electrons. The molecule has 0 heterocycles. The van der Waals surface area contributed by atoms with Crippen molar-refractivity contribution in [3.05, 3.63) is 24.3 Å². The summed E-state index contributed by atoms with van der Waals surface area (Å²) in [6.45, 7) is 0.848. The number of allylic oxidation sites excluding steroid dienone is 4. The Morgan fingerprint density at radius 3 is 1.30 bits per heavy atom. The van der Waals surface area contributed by atoms with Gasteiger partial charge in [-0.25, -0.2) is 0 Å². The van der Waals surface area contributed by atoms with Crippen molar-refractivity contribution >= 4 is 23.8 Å². The van der Waals surface area contributed by atoms with Crippen molar-refractivity contribution in [2.45, 2.75) is 25.7 Å². The lowest BCUT2D eigenvalue weighted by Gasteiger charge is -2.24. The van der Waals surface area contributed by atoms with Gasteiger partial charge in [-0.2, -0.15) is 0 Å². The number of nitrogens with one attached hydrogen (secondary N) is 2. The maximum absolute atomic E-state index is 12.5. The molecule has 0 aliphatic heterocycles. The summed E-state index contributed by atoms with van der Waals surface area (Å²) in [4.78, 5) is 48.0. The smallest absolute Gasteiger partial charge is 0.307 e. The number of carboxylic acid groups (broad SMARTS) is 2. The van der Waals surface area contributed by atoms with Gasteiger partial charge in [-0.15, -0.1) is 0 Å². The summed E-state index contributed by atoms with van der Waals surface area (Å²) < 4.78 is 0. The van der Waals surface area contributed by atoms with Gasteiger partial charge in [-0.1, -0.05) is 24.3 Å². The van der Waals surface area contributed by atoms with Crippen LogP contribution in [0.25, 0.3) is 0 Å². The van der Waals surface area contributed by atoms with E-state index in [-0.39, 0.29) is 35.5 Å². The molecular weight excluding hydrogens is 388 g/mol. The highest BCUT2D eigenvalue weighted by Crippen LogP contribution is 2.49. The fourth-order valence-electron chi connectivity index (χ4n) is 5.94. The molecule has 4 aliphatic rings. The number of aliphatic carboxylic acids is 2. The van der Waals surface area contributed by atoms with Crippen LogP contribution < -0.4 is 10.6 Å². The van der Waals surface area contributed by atoms with Crippen molar-refractivity contribution < 1.29 is 29.4 Å². The summed E-state index contributed by atoms with van der Waals surface area (Å²) in [6.07, 6.45) is 10.5. The Kier molecular flexibility index (Phi) is 5.66. The average molecular weight is 416 g/mol. The van der Waals surface area contributed by atoms with Crippen LogP contribution in [0.4, 0.5) is 0 Å². The van der Waals surface area contributed by atoms with Crippen molar-refractivity contribution in [3.8, 4) is 0 Å². The van der Waals surface area contributed by atoms with Crippen LogP contribution >= 0.6 is 0 Å². The number of carbonyl (C=O) groups is 4. The van der Waals surface area contributed by atoms with Gasteiger partial charge in [-0.3, -0.25) is 19.2 Å². The molecule has 30 heavy (non-hydrogen) atoms. The van der Waals surface area contributed by atoms with E-state index in [9.17, 15) is 29.4 Å². The predicted molar refractivity (Wildman–Crippen MR) is 106 cm³/mol. The minimum Gasteiger partial charge on any atom is -0.481 e. The first kappa shape index (κ1) is 20.6. The summed E-state index contributed by atoms with van der Waals surface area (Å²) >= 11 is 0. The minimum atomic E-state index is -0.912. The number of fused-ring (bicyclic) bond motifs is 4. The molecule has 2 fully saturated rings. The van der Waals surface area contributed by atoms with Crippen LogP contribution in [0.15, 0.2) is 24.3 Å². The molecule has 0 saturated heterocycles. The third-order valence-corrected chi connectivity index (χ3v) is 7.30. The quantitative estimate of drug-likeness (QED) is 0.328. The molecule has 8 atom stereocenters. The van der Waals surface area contributed by atoms with Crippen LogP contribution in [0.1, 0.15) is 25.7 Å². The summed E-state index contributed by atoms with van der Waals surface area (Å²) in [7, 11) is 0. The average Bonchev–Trinajstić information content (AvgIpc) is 3.48. The fourth-order valence-corrected chi connectivity index (χ4v) is 5.94. The van der Waals surface area contributed by atoms with Gasteiger partial charge in [-0.05, 0) is 49.4 Å². The maximum Gasteiger partial charge on any atom is 0.307 e. The van der Waals surface area contributed by atoms with Crippen LogP contribution in [-0.2, 0) is 19.2 Å². The molecule has 8 nitrogen and oxygen atoms in total. The van der Waals surface area contributed by atoms with Gasteiger partial charge in [0.1, 0.15) is 0 Å². The molecule has 4 rings (SSSR count). The van der Waals surface area contributed by atoms with Gasteiger partial charge < -0.3 is 20.8 Å². The molecule has 2 saturated carbocycles. The Morgan fingerprint density at radius 2 is 0.967 bits per heavy atom. The van der Waals surface area contributed by atoms with E-state index in [2.05, 4.69) is 10.6 Å². The summed E-state index contributed by atoms with van der Waals surface area (Å²) in [5.41, 5.74) is 0. The van der Waals surface area contributed by atoms with Crippen LogP contribution in [0.2, 0.25) is 0 Å². The number of unbranched alkanes of at least 4 members (excludes halogenated alkanes) is 1. The van der Waals surface area contributed by atoms with E-state index in [1.54, 1.807) is 0 Å². The predicted octanol–water partition coefficient (Wildman–Crippen LogP) is 1.04. The second-order valence-corrected chi connectivity index (χ2v) is 8.97. The molecule has 0 aromatic heterocycles. The molecule has 4 bridgehead atoms. The van der Waals surface area contributed by atoms with Crippen LogP contribution in [0, 0.1) is 47.3 Å². The Labute approximate surface area is 174 Å². The molecule has 162 valence electrons. The lowest BCUT2D eigenvalue weighted by atomic mass is 9.82. The molecule has 4 aliphatic carbocycles. The Bertz CT molecular complexity index is 739. The van der Waals surface area contributed by atoms with Crippen LogP contribution in [-0.4, -0.2) is 47.1 Å². The molecule has 4 N–H and O–H groups in total. The zero-order valence-corrected chi connectivity index (χ0v) is 16.7. The number of amides is 2. The van der Waals surface area contributed by atoms with Gasteiger partial charge in [0.15, 0.2) is 0 Å². The van der Waals surface area contributed by atoms with Gasteiger partial charge >= 0.3 is 11.9 Å². The highest BCUT2D eigenvalue weighted by molar-refractivity contribution is 5.87. The normalized spacial score (nSPS) is 37.5.